The van der Waals surface area contributed by atoms with Crippen LogP contribution < -0.4 is 9.47 Å². The second kappa shape index (κ2) is 5.73. The Labute approximate surface area is 155 Å². The van der Waals surface area contributed by atoms with Crippen molar-refractivity contribution >= 4 is 11.6 Å². The summed E-state index contributed by atoms with van der Waals surface area (Å²) in [6.07, 6.45) is 5.88. The van der Waals surface area contributed by atoms with Crippen LogP contribution in [0.4, 0.5) is 0 Å². The maximum Gasteiger partial charge on any atom is 0.294 e. The van der Waals surface area contributed by atoms with Crippen LogP contribution in [0.15, 0.2) is 22.9 Å². The van der Waals surface area contributed by atoms with Gasteiger partial charge in [0.05, 0.1) is 31.6 Å². The van der Waals surface area contributed by atoms with Crippen molar-refractivity contribution in [2.24, 2.45) is 0 Å². The third-order valence-corrected chi connectivity index (χ3v) is 5.59. The van der Waals surface area contributed by atoms with E-state index in [0.29, 0.717) is 11.5 Å². The number of aromatic nitrogens is 3. The van der Waals surface area contributed by atoms with E-state index in [1.165, 1.54) is 20.5 Å². The number of carbonyl (C=O) groups excluding carboxylic acids is 1. The Morgan fingerprint density at radius 1 is 1.30 bits per heavy atom. The lowest BCUT2D eigenvalue weighted by Crippen LogP contribution is -2.42. The highest BCUT2D eigenvalue weighted by atomic mass is 16.5. The average molecular weight is 368 g/mol. The van der Waals surface area contributed by atoms with Crippen molar-refractivity contribution in [1.82, 2.24) is 19.5 Å². The van der Waals surface area contributed by atoms with Crippen LogP contribution in [-0.2, 0) is 6.42 Å². The fraction of sp³-hybridized carbons (Fsp3) is 0.421. The molecule has 2 atom stereocenters. The highest BCUT2D eigenvalue weighted by Gasteiger charge is 2.45. The summed E-state index contributed by atoms with van der Waals surface area (Å²) >= 11 is 0. The Morgan fingerprint density at radius 3 is 2.93 bits per heavy atom. The van der Waals surface area contributed by atoms with Gasteiger partial charge in [0.1, 0.15) is 6.26 Å². The van der Waals surface area contributed by atoms with Crippen LogP contribution in [0.2, 0.25) is 0 Å². The molecule has 0 saturated carbocycles. The first-order valence-corrected chi connectivity index (χ1v) is 8.98. The van der Waals surface area contributed by atoms with Crippen molar-refractivity contribution in [2.45, 2.75) is 38.3 Å². The molecule has 3 aromatic rings. The monoisotopic (exact) mass is 368 g/mol. The molecule has 140 valence electrons. The van der Waals surface area contributed by atoms with Crippen LogP contribution >= 0.6 is 0 Å². The molecule has 1 amide bonds. The van der Waals surface area contributed by atoms with E-state index in [0.717, 1.165) is 41.9 Å². The quantitative estimate of drug-likeness (QED) is 0.707. The minimum Gasteiger partial charge on any atom is -0.490 e. The Morgan fingerprint density at radius 2 is 2.15 bits per heavy atom. The van der Waals surface area contributed by atoms with Crippen molar-refractivity contribution in [3.8, 4) is 11.5 Å². The Hall–Kier alpha value is -3.03. The minimum atomic E-state index is -0.176. The number of aryl methyl sites for hydroxylation is 1. The maximum atomic E-state index is 13.3. The summed E-state index contributed by atoms with van der Waals surface area (Å²) in [6, 6.07) is 2.04. The smallest absolute Gasteiger partial charge is 0.294 e. The molecule has 5 rings (SSSR count). The summed E-state index contributed by atoms with van der Waals surface area (Å²) in [7, 11) is 3.02. The van der Waals surface area contributed by atoms with Gasteiger partial charge < -0.3 is 18.8 Å². The van der Waals surface area contributed by atoms with Gasteiger partial charge >= 0.3 is 0 Å². The van der Waals surface area contributed by atoms with Crippen molar-refractivity contribution in [2.75, 3.05) is 14.2 Å². The van der Waals surface area contributed by atoms with E-state index in [9.17, 15) is 4.79 Å². The van der Waals surface area contributed by atoms with Gasteiger partial charge in [0.15, 0.2) is 11.4 Å². The van der Waals surface area contributed by atoms with Crippen molar-refractivity contribution in [3.63, 3.8) is 0 Å². The standard InChI is InChI=1S/C19H20N4O4/c1-10-6-16-20-8-12-13-5-4-11(7-14(12)23(16)21-10)22(13)19(24)18-17(26-3)15(25-2)9-27-18/h6,8-9,11,13H,4-5,7H2,1-3H3/t11-,13-/m0/s1. The SMILES string of the molecule is COc1coc(C(=O)N2[C@H]3CC[C@H]2c2cnc4cc(C)nn4c2C3)c1OC. The lowest BCUT2D eigenvalue weighted by molar-refractivity contribution is 0.0605. The van der Waals surface area contributed by atoms with Crippen LogP contribution in [0.1, 0.15) is 46.4 Å². The molecular formula is C19H20N4O4. The van der Waals surface area contributed by atoms with E-state index in [1.807, 2.05) is 28.6 Å². The molecule has 2 aliphatic heterocycles. The lowest BCUT2D eigenvalue weighted by Gasteiger charge is -2.35. The van der Waals surface area contributed by atoms with Crippen LogP contribution in [-0.4, -0.2) is 45.7 Å². The van der Waals surface area contributed by atoms with E-state index in [2.05, 4.69) is 10.1 Å². The number of carbonyl (C=O) groups is 1. The van der Waals surface area contributed by atoms with Crippen LogP contribution in [0, 0.1) is 6.92 Å². The summed E-state index contributed by atoms with van der Waals surface area (Å²) in [5.41, 5.74) is 4.00. The third kappa shape index (κ3) is 2.19. The number of hydrogen-bond donors (Lipinski definition) is 0. The molecule has 27 heavy (non-hydrogen) atoms. The summed E-state index contributed by atoms with van der Waals surface area (Å²) < 4.78 is 18.0. The summed E-state index contributed by atoms with van der Waals surface area (Å²) in [6.45, 7) is 1.96. The maximum absolute atomic E-state index is 13.3. The van der Waals surface area contributed by atoms with E-state index >= 15 is 0 Å². The molecule has 2 bridgehead atoms. The van der Waals surface area contributed by atoms with Gasteiger partial charge in [-0.3, -0.25) is 4.79 Å². The Bertz CT molecular complexity index is 1050. The van der Waals surface area contributed by atoms with Crippen molar-refractivity contribution in [3.05, 3.63) is 41.2 Å². The molecule has 0 radical (unpaired) electrons. The predicted molar refractivity (Wildman–Crippen MR) is 95.2 cm³/mol. The topological polar surface area (TPSA) is 82.1 Å². The van der Waals surface area contributed by atoms with Crippen molar-refractivity contribution < 1.29 is 18.7 Å². The summed E-state index contributed by atoms with van der Waals surface area (Å²) in [5.74, 6) is 0.758. The zero-order valence-corrected chi connectivity index (χ0v) is 15.4. The average Bonchev–Trinajstić information content (AvgIpc) is 3.34. The molecule has 3 aromatic heterocycles. The number of rotatable bonds is 3. The number of nitrogens with zero attached hydrogens (tertiary/aromatic N) is 4. The molecule has 0 aromatic carbocycles. The number of methoxy groups -OCH3 is 2. The van der Waals surface area contributed by atoms with E-state index < -0.39 is 0 Å². The first kappa shape index (κ1) is 16.2. The predicted octanol–water partition coefficient (Wildman–Crippen LogP) is 2.55. The molecule has 0 unspecified atom stereocenters. The van der Waals surface area contributed by atoms with E-state index in [1.54, 1.807) is 0 Å². The van der Waals surface area contributed by atoms with Gasteiger partial charge in [0.2, 0.25) is 11.5 Å². The molecule has 8 heteroatoms. The van der Waals surface area contributed by atoms with E-state index in [-0.39, 0.29) is 23.8 Å². The molecule has 5 heterocycles. The van der Waals surface area contributed by atoms with Gasteiger partial charge in [-0.1, -0.05) is 0 Å². The van der Waals surface area contributed by atoms with Gasteiger partial charge in [-0.25, -0.2) is 9.50 Å². The number of furan rings is 1. The third-order valence-electron chi connectivity index (χ3n) is 5.59. The number of amides is 1. The van der Waals surface area contributed by atoms with Gasteiger partial charge in [0.25, 0.3) is 5.91 Å². The number of ether oxygens (including phenoxy) is 2. The lowest BCUT2D eigenvalue weighted by atomic mass is 9.98. The highest BCUT2D eigenvalue weighted by Crippen LogP contribution is 2.45. The Balaban J connectivity index is 1.57. The van der Waals surface area contributed by atoms with Gasteiger partial charge in [-0.2, -0.15) is 5.10 Å². The molecular weight excluding hydrogens is 348 g/mol. The molecule has 0 N–H and O–H groups in total. The molecule has 0 spiro atoms. The van der Waals surface area contributed by atoms with Crippen LogP contribution in [0.3, 0.4) is 0 Å². The number of hydrogen-bond acceptors (Lipinski definition) is 6. The van der Waals surface area contributed by atoms with Gasteiger partial charge in [0, 0.05) is 30.3 Å². The van der Waals surface area contributed by atoms with Gasteiger partial charge in [-0.15, -0.1) is 0 Å². The van der Waals surface area contributed by atoms with Crippen LogP contribution in [0.5, 0.6) is 11.5 Å². The summed E-state index contributed by atoms with van der Waals surface area (Å²) in [4.78, 5) is 19.8. The zero-order chi connectivity index (χ0) is 18.7. The minimum absolute atomic E-state index is 0.0338. The molecule has 1 fully saturated rings. The van der Waals surface area contributed by atoms with Gasteiger partial charge in [-0.05, 0) is 19.8 Å². The zero-order valence-electron chi connectivity index (χ0n) is 15.4. The second-order valence-electron chi connectivity index (χ2n) is 7.05. The fourth-order valence-electron chi connectivity index (χ4n) is 4.44. The normalized spacial score (nSPS) is 20.8. The van der Waals surface area contributed by atoms with Crippen molar-refractivity contribution in [1.29, 1.82) is 0 Å². The van der Waals surface area contributed by atoms with E-state index in [4.69, 9.17) is 13.9 Å². The fourth-order valence-corrected chi connectivity index (χ4v) is 4.44. The largest absolute Gasteiger partial charge is 0.490 e. The second-order valence-corrected chi connectivity index (χ2v) is 7.05. The molecule has 1 saturated heterocycles. The first-order valence-electron chi connectivity index (χ1n) is 8.98. The number of fused-ring (bicyclic) bond motifs is 6. The summed E-state index contributed by atoms with van der Waals surface area (Å²) in [5, 5.41) is 4.59. The van der Waals surface area contributed by atoms with Crippen LogP contribution in [0.25, 0.3) is 5.65 Å². The molecule has 8 nitrogen and oxygen atoms in total. The first-order chi connectivity index (χ1) is 13.1. The molecule has 2 aliphatic rings. The molecule has 0 aliphatic carbocycles. The highest BCUT2D eigenvalue weighted by molar-refractivity contribution is 5.96. The Kier molecular flexibility index (Phi) is 3.43.